The number of nitrogens with zero attached hydrogens (tertiary/aromatic N) is 1. The van der Waals surface area contributed by atoms with E-state index in [2.05, 4.69) is 116 Å². The van der Waals surface area contributed by atoms with Crippen molar-refractivity contribution in [3.8, 4) is 5.69 Å². The lowest BCUT2D eigenvalue weighted by Crippen LogP contribution is -2.33. The molecule has 0 spiro atoms. The molecule has 0 bridgehead atoms. The Morgan fingerprint density at radius 3 is 2.06 bits per heavy atom. The Balaban J connectivity index is 1.78. The predicted octanol–water partition coefficient (Wildman–Crippen LogP) is 6.83. The summed E-state index contributed by atoms with van der Waals surface area (Å²) in [5.41, 5.74) is 17.6. The van der Waals surface area contributed by atoms with Crippen LogP contribution in [0.5, 0.6) is 0 Å². The standard InChI is InChI=1S/C29H27N3/c1-18-5-9-24(10-6-18)31-25-11-8-22-15-23-13-21(4)27(30)17-29(23)32(28(22)16-25)26-12-7-19(2)20(3)14-26/h5-17H,1-4H3,(H2,30,31)/p+1. The summed E-state index contributed by atoms with van der Waals surface area (Å²) >= 11 is 0. The number of pyridine rings is 1. The van der Waals surface area contributed by atoms with E-state index in [9.17, 15) is 0 Å². The molecular weight excluding hydrogens is 390 g/mol. The first-order valence-corrected chi connectivity index (χ1v) is 11.0. The fourth-order valence-corrected chi connectivity index (χ4v) is 4.23. The molecule has 0 unspecified atom stereocenters. The number of fused-ring (bicyclic) bond motifs is 2. The molecule has 1 heterocycles. The third-order valence-electron chi connectivity index (χ3n) is 6.33. The molecular formula is C29H28N3+. The van der Waals surface area contributed by atoms with Crippen LogP contribution < -0.4 is 15.6 Å². The Kier molecular flexibility index (Phi) is 4.82. The number of hydrogen-bond donors (Lipinski definition) is 2. The van der Waals surface area contributed by atoms with Crippen LogP contribution in [0.3, 0.4) is 0 Å². The molecule has 0 aliphatic heterocycles. The van der Waals surface area contributed by atoms with E-state index in [0.29, 0.717) is 0 Å². The SMILES string of the molecule is Cc1ccc(Nc2ccc3cc4cc(C)c(N)cc4[n+](-c4ccc(C)c(C)c4)c3c2)cc1. The van der Waals surface area contributed by atoms with Crippen LogP contribution in [0.2, 0.25) is 0 Å². The highest BCUT2D eigenvalue weighted by molar-refractivity contribution is 5.92. The Labute approximate surface area is 189 Å². The van der Waals surface area contributed by atoms with Gasteiger partial charge in [0.05, 0.1) is 0 Å². The normalized spacial score (nSPS) is 11.2. The zero-order valence-electron chi connectivity index (χ0n) is 19.0. The first kappa shape index (κ1) is 20.1. The lowest BCUT2D eigenvalue weighted by molar-refractivity contribution is -0.538. The Hall–Kier alpha value is -3.85. The van der Waals surface area contributed by atoms with Gasteiger partial charge in [-0.2, -0.15) is 4.57 Å². The Bertz CT molecular complexity index is 1480. The summed E-state index contributed by atoms with van der Waals surface area (Å²) in [6.07, 6.45) is 0. The third kappa shape index (κ3) is 3.56. The summed E-state index contributed by atoms with van der Waals surface area (Å²) < 4.78 is 2.33. The van der Waals surface area contributed by atoms with Gasteiger partial charge in [-0.25, -0.2) is 0 Å². The van der Waals surface area contributed by atoms with Crippen molar-refractivity contribution >= 4 is 38.9 Å². The van der Waals surface area contributed by atoms with E-state index in [1.54, 1.807) is 0 Å². The molecule has 0 radical (unpaired) electrons. The number of aryl methyl sites for hydroxylation is 4. The molecule has 3 N–H and O–H groups in total. The fourth-order valence-electron chi connectivity index (χ4n) is 4.23. The van der Waals surface area contributed by atoms with Crippen LogP contribution in [-0.4, -0.2) is 0 Å². The maximum atomic E-state index is 6.35. The highest BCUT2D eigenvalue weighted by Crippen LogP contribution is 2.28. The van der Waals surface area contributed by atoms with Crippen molar-refractivity contribution in [2.75, 3.05) is 11.1 Å². The molecule has 4 aromatic carbocycles. The molecule has 0 fully saturated rings. The zero-order chi connectivity index (χ0) is 22.4. The number of nitrogens with one attached hydrogen (secondary N) is 1. The minimum Gasteiger partial charge on any atom is -0.398 e. The number of benzene rings is 4. The molecule has 32 heavy (non-hydrogen) atoms. The van der Waals surface area contributed by atoms with Crippen LogP contribution in [0.4, 0.5) is 17.1 Å². The molecule has 0 saturated heterocycles. The van der Waals surface area contributed by atoms with Crippen molar-refractivity contribution in [2.45, 2.75) is 27.7 Å². The average Bonchev–Trinajstić information content (AvgIpc) is 2.77. The first-order chi connectivity index (χ1) is 15.4. The summed E-state index contributed by atoms with van der Waals surface area (Å²) in [7, 11) is 0. The largest absolute Gasteiger partial charge is 0.398 e. The maximum absolute atomic E-state index is 6.35. The summed E-state index contributed by atoms with van der Waals surface area (Å²) in [4.78, 5) is 0. The number of nitrogen functional groups attached to an aromatic ring is 1. The van der Waals surface area contributed by atoms with Crippen molar-refractivity contribution in [3.05, 3.63) is 101 Å². The monoisotopic (exact) mass is 418 g/mol. The maximum Gasteiger partial charge on any atom is 0.221 e. The molecule has 1 aromatic heterocycles. The molecule has 0 saturated carbocycles. The van der Waals surface area contributed by atoms with Gasteiger partial charge in [0.1, 0.15) is 0 Å². The Morgan fingerprint density at radius 2 is 1.31 bits per heavy atom. The van der Waals surface area contributed by atoms with E-state index in [1.165, 1.54) is 27.5 Å². The van der Waals surface area contributed by atoms with E-state index >= 15 is 0 Å². The molecule has 3 heteroatoms. The van der Waals surface area contributed by atoms with E-state index < -0.39 is 0 Å². The molecule has 158 valence electrons. The number of rotatable bonds is 3. The van der Waals surface area contributed by atoms with Crippen LogP contribution in [0.25, 0.3) is 27.5 Å². The molecule has 3 nitrogen and oxygen atoms in total. The van der Waals surface area contributed by atoms with Crippen molar-refractivity contribution in [1.29, 1.82) is 0 Å². The number of nitrogens with two attached hydrogens (primary N) is 1. The van der Waals surface area contributed by atoms with Crippen LogP contribution in [0, 0.1) is 27.7 Å². The lowest BCUT2D eigenvalue weighted by atomic mass is 10.0. The minimum absolute atomic E-state index is 0.809. The van der Waals surface area contributed by atoms with Gasteiger partial charge >= 0.3 is 0 Å². The molecule has 0 aliphatic carbocycles. The van der Waals surface area contributed by atoms with Crippen molar-refractivity contribution < 1.29 is 4.57 Å². The third-order valence-corrected chi connectivity index (χ3v) is 6.33. The fraction of sp³-hybridized carbons (Fsp3) is 0.138. The van der Waals surface area contributed by atoms with Gasteiger partial charge in [-0.05, 0) is 80.8 Å². The number of hydrogen-bond acceptors (Lipinski definition) is 2. The molecule has 0 aliphatic rings. The smallest absolute Gasteiger partial charge is 0.221 e. The van der Waals surface area contributed by atoms with Gasteiger partial charge in [-0.15, -0.1) is 0 Å². The van der Waals surface area contributed by atoms with Gasteiger partial charge in [-0.3, -0.25) is 0 Å². The average molecular weight is 419 g/mol. The van der Waals surface area contributed by atoms with Gasteiger partial charge in [0.25, 0.3) is 0 Å². The highest BCUT2D eigenvalue weighted by Gasteiger charge is 2.20. The van der Waals surface area contributed by atoms with Crippen molar-refractivity contribution in [2.24, 2.45) is 0 Å². The van der Waals surface area contributed by atoms with E-state index in [4.69, 9.17) is 5.73 Å². The van der Waals surface area contributed by atoms with Crippen LogP contribution in [-0.2, 0) is 0 Å². The second-order valence-corrected chi connectivity index (χ2v) is 8.78. The summed E-state index contributed by atoms with van der Waals surface area (Å²) in [6.45, 7) is 8.48. The highest BCUT2D eigenvalue weighted by atomic mass is 15.0. The summed E-state index contributed by atoms with van der Waals surface area (Å²) in [5, 5.41) is 5.92. The van der Waals surface area contributed by atoms with Gasteiger partial charge in [0.2, 0.25) is 16.7 Å². The van der Waals surface area contributed by atoms with Crippen molar-refractivity contribution in [1.82, 2.24) is 0 Å². The second-order valence-electron chi connectivity index (χ2n) is 8.78. The molecule has 0 atom stereocenters. The first-order valence-electron chi connectivity index (χ1n) is 11.0. The molecule has 5 rings (SSSR count). The van der Waals surface area contributed by atoms with Gasteiger partial charge in [-0.1, -0.05) is 23.8 Å². The minimum atomic E-state index is 0.809. The van der Waals surface area contributed by atoms with Crippen LogP contribution in [0.15, 0.2) is 78.9 Å². The molecule has 5 aromatic rings. The topological polar surface area (TPSA) is 41.9 Å². The van der Waals surface area contributed by atoms with E-state index in [-0.39, 0.29) is 0 Å². The van der Waals surface area contributed by atoms with E-state index in [1.807, 2.05) is 0 Å². The van der Waals surface area contributed by atoms with E-state index in [0.717, 1.165) is 39.3 Å². The van der Waals surface area contributed by atoms with Gasteiger partial charge in [0.15, 0.2) is 0 Å². The number of anilines is 3. The predicted molar refractivity (Wildman–Crippen MR) is 136 cm³/mol. The van der Waals surface area contributed by atoms with Gasteiger partial charge < -0.3 is 11.1 Å². The molecule has 0 amide bonds. The second kappa shape index (κ2) is 7.69. The number of aromatic nitrogens is 1. The van der Waals surface area contributed by atoms with Gasteiger partial charge in [0, 0.05) is 52.1 Å². The summed E-state index contributed by atoms with van der Waals surface area (Å²) in [6, 6.07) is 28.2. The van der Waals surface area contributed by atoms with Crippen molar-refractivity contribution in [3.63, 3.8) is 0 Å². The van der Waals surface area contributed by atoms with Crippen LogP contribution in [0.1, 0.15) is 22.3 Å². The lowest BCUT2D eigenvalue weighted by Gasteiger charge is -2.11. The van der Waals surface area contributed by atoms with Crippen LogP contribution >= 0.6 is 0 Å². The quantitative estimate of drug-likeness (QED) is 0.192. The Morgan fingerprint density at radius 1 is 0.594 bits per heavy atom. The zero-order valence-corrected chi connectivity index (χ0v) is 19.0. The summed E-state index contributed by atoms with van der Waals surface area (Å²) in [5.74, 6) is 0.